The first-order chi connectivity index (χ1) is 15.6. The number of sulfonamides is 1. The molecule has 33 heavy (non-hydrogen) atoms. The predicted molar refractivity (Wildman–Crippen MR) is 115 cm³/mol. The molecule has 0 aliphatic rings. The van der Waals surface area contributed by atoms with Gasteiger partial charge >= 0.3 is 6.18 Å². The Kier molecular flexibility index (Phi) is 7.11. The SMILES string of the molecule is N=C/C(CCCOc1nccc2cc(S(=O)(=O)Nc3ccncn3)ccc12)=C(\N)C(F)(F)F. The largest absolute Gasteiger partial charge is 0.477 e. The highest BCUT2D eigenvalue weighted by Gasteiger charge is 2.33. The van der Waals surface area contributed by atoms with Crippen molar-refractivity contribution in [3.8, 4) is 5.88 Å². The average Bonchev–Trinajstić information content (AvgIpc) is 2.78. The van der Waals surface area contributed by atoms with Crippen molar-refractivity contribution >= 4 is 32.8 Å². The number of alkyl halides is 3. The van der Waals surface area contributed by atoms with Gasteiger partial charge in [-0.05, 0) is 54.1 Å². The number of hydrogen-bond acceptors (Lipinski definition) is 8. The predicted octanol–water partition coefficient (Wildman–Crippen LogP) is 3.41. The molecule has 0 aliphatic carbocycles. The van der Waals surface area contributed by atoms with Crippen LogP contribution in [-0.2, 0) is 10.0 Å². The monoisotopic (exact) mass is 480 g/mol. The van der Waals surface area contributed by atoms with Crippen molar-refractivity contribution < 1.29 is 26.3 Å². The molecule has 0 fully saturated rings. The molecule has 0 amide bonds. The van der Waals surface area contributed by atoms with Gasteiger partial charge in [-0.2, -0.15) is 13.2 Å². The molecule has 174 valence electrons. The molecule has 0 saturated heterocycles. The van der Waals surface area contributed by atoms with Crippen LogP contribution in [0.1, 0.15) is 12.8 Å². The standard InChI is InChI=1S/C20H19F3N6O3S/c21-20(22,23)18(25)14(11-24)2-1-9-32-19-16-4-3-15(10-13(16)5-8-27-19)33(30,31)29-17-6-7-26-12-28-17/h3-8,10-12,24H,1-2,9,25H2,(H,26,28,29)/b18-14-,24-11?. The van der Waals surface area contributed by atoms with Crippen molar-refractivity contribution in [2.75, 3.05) is 11.3 Å². The highest BCUT2D eigenvalue weighted by molar-refractivity contribution is 7.92. The normalized spacial score (nSPS) is 12.8. The molecule has 0 spiro atoms. The van der Waals surface area contributed by atoms with Crippen LogP contribution in [0.15, 0.2) is 65.2 Å². The number of pyridine rings is 1. The molecule has 0 aliphatic heterocycles. The third kappa shape index (κ3) is 5.94. The number of nitrogens with one attached hydrogen (secondary N) is 2. The molecule has 0 unspecified atom stereocenters. The molecule has 3 rings (SSSR count). The minimum atomic E-state index is -4.70. The van der Waals surface area contributed by atoms with E-state index in [1.54, 1.807) is 6.07 Å². The molecule has 0 saturated carbocycles. The van der Waals surface area contributed by atoms with Crippen molar-refractivity contribution in [1.29, 1.82) is 5.41 Å². The second-order valence-electron chi connectivity index (χ2n) is 6.73. The maximum atomic E-state index is 12.7. The summed E-state index contributed by atoms with van der Waals surface area (Å²) in [6.07, 6.45) is -0.0194. The van der Waals surface area contributed by atoms with E-state index in [1.807, 2.05) is 0 Å². The van der Waals surface area contributed by atoms with E-state index in [4.69, 9.17) is 15.9 Å². The third-order valence-electron chi connectivity index (χ3n) is 4.49. The van der Waals surface area contributed by atoms with E-state index in [1.165, 1.54) is 43.0 Å². The summed E-state index contributed by atoms with van der Waals surface area (Å²) in [5, 5.41) is 8.20. The molecule has 2 aromatic heterocycles. The number of allylic oxidation sites excluding steroid dienone is 2. The summed E-state index contributed by atoms with van der Waals surface area (Å²) in [5.41, 5.74) is 3.43. The summed E-state index contributed by atoms with van der Waals surface area (Å²) in [5.74, 6) is 0.317. The van der Waals surface area contributed by atoms with E-state index in [-0.39, 0.29) is 41.6 Å². The number of nitrogens with two attached hydrogens (primary N) is 1. The van der Waals surface area contributed by atoms with Gasteiger partial charge in [0.05, 0.1) is 11.5 Å². The van der Waals surface area contributed by atoms with Crippen LogP contribution in [0.3, 0.4) is 0 Å². The van der Waals surface area contributed by atoms with E-state index < -0.39 is 21.9 Å². The van der Waals surface area contributed by atoms with Gasteiger partial charge in [0.2, 0.25) is 5.88 Å². The summed E-state index contributed by atoms with van der Waals surface area (Å²) in [6, 6.07) is 7.35. The number of rotatable bonds is 9. The Bertz CT molecular complexity index is 1280. The number of halogens is 3. The molecule has 0 bridgehead atoms. The number of hydrogen-bond donors (Lipinski definition) is 3. The molecule has 1 aromatic carbocycles. The summed E-state index contributed by atoms with van der Waals surface area (Å²) in [4.78, 5) is 11.7. The Labute approximate surface area is 187 Å². The fourth-order valence-electron chi connectivity index (χ4n) is 2.86. The second kappa shape index (κ2) is 9.81. The van der Waals surface area contributed by atoms with Gasteiger partial charge in [0.1, 0.15) is 17.8 Å². The van der Waals surface area contributed by atoms with Crippen LogP contribution in [0.25, 0.3) is 10.8 Å². The van der Waals surface area contributed by atoms with Gasteiger partial charge in [0.25, 0.3) is 10.0 Å². The molecule has 0 radical (unpaired) electrons. The van der Waals surface area contributed by atoms with E-state index >= 15 is 0 Å². The lowest BCUT2D eigenvalue weighted by Crippen LogP contribution is -2.22. The number of anilines is 1. The van der Waals surface area contributed by atoms with Crippen molar-refractivity contribution in [3.63, 3.8) is 0 Å². The Morgan fingerprint density at radius 1 is 1.18 bits per heavy atom. The highest BCUT2D eigenvalue weighted by atomic mass is 32.2. The Hall–Kier alpha value is -3.74. The molecule has 4 N–H and O–H groups in total. The lowest BCUT2D eigenvalue weighted by Gasteiger charge is -2.12. The highest BCUT2D eigenvalue weighted by Crippen LogP contribution is 2.28. The Balaban J connectivity index is 1.72. The maximum Gasteiger partial charge on any atom is 0.431 e. The lowest BCUT2D eigenvalue weighted by molar-refractivity contribution is -0.0933. The second-order valence-corrected chi connectivity index (χ2v) is 8.41. The zero-order chi connectivity index (χ0) is 24.1. The van der Waals surface area contributed by atoms with Crippen LogP contribution < -0.4 is 15.2 Å². The topological polar surface area (TPSA) is 144 Å². The number of aromatic nitrogens is 3. The fourth-order valence-corrected chi connectivity index (χ4v) is 3.90. The summed E-state index contributed by atoms with van der Waals surface area (Å²) < 4.78 is 71.3. The van der Waals surface area contributed by atoms with Crippen LogP contribution in [0, 0.1) is 5.41 Å². The molecule has 9 nitrogen and oxygen atoms in total. The smallest absolute Gasteiger partial charge is 0.431 e. The van der Waals surface area contributed by atoms with Crippen molar-refractivity contribution in [2.45, 2.75) is 23.9 Å². The first-order valence-corrected chi connectivity index (χ1v) is 11.0. The molecule has 3 aromatic rings. The van der Waals surface area contributed by atoms with E-state index in [0.717, 1.165) is 0 Å². The van der Waals surface area contributed by atoms with E-state index in [0.29, 0.717) is 17.0 Å². The minimum absolute atomic E-state index is 0.00542. The van der Waals surface area contributed by atoms with Crippen molar-refractivity contribution in [3.05, 3.63) is 60.3 Å². The van der Waals surface area contributed by atoms with Gasteiger partial charge in [-0.1, -0.05) is 0 Å². The van der Waals surface area contributed by atoms with Gasteiger partial charge < -0.3 is 15.9 Å². The molecular weight excluding hydrogens is 461 g/mol. The van der Waals surface area contributed by atoms with Crippen LogP contribution in [-0.4, -0.2) is 42.4 Å². The van der Waals surface area contributed by atoms with Gasteiger partial charge in [0, 0.05) is 24.0 Å². The molecule has 0 atom stereocenters. The number of benzene rings is 1. The van der Waals surface area contributed by atoms with Crippen molar-refractivity contribution in [1.82, 2.24) is 15.0 Å². The Morgan fingerprint density at radius 3 is 2.64 bits per heavy atom. The van der Waals surface area contributed by atoms with Gasteiger partial charge in [-0.25, -0.2) is 23.4 Å². The maximum absolute atomic E-state index is 12.7. The number of ether oxygens (including phenoxy) is 1. The number of nitrogens with zero attached hydrogens (tertiary/aromatic N) is 3. The minimum Gasteiger partial charge on any atom is -0.477 e. The Morgan fingerprint density at radius 2 is 1.97 bits per heavy atom. The zero-order valence-electron chi connectivity index (χ0n) is 17.0. The van der Waals surface area contributed by atoms with E-state index in [9.17, 15) is 21.6 Å². The first-order valence-electron chi connectivity index (χ1n) is 9.48. The fraction of sp³-hybridized carbons (Fsp3) is 0.200. The van der Waals surface area contributed by atoms with Gasteiger partial charge in [-0.15, -0.1) is 0 Å². The van der Waals surface area contributed by atoms with Crippen LogP contribution >= 0.6 is 0 Å². The number of fused-ring (bicyclic) bond motifs is 1. The van der Waals surface area contributed by atoms with Crippen LogP contribution in [0.2, 0.25) is 0 Å². The molecule has 2 heterocycles. The van der Waals surface area contributed by atoms with Crippen LogP contribution in [0.5, 0.6) is 5.88 Å². The van der Waals surface area contributed by atoms with Crippen LogP contribution in [0.4, 0.5) is 19.0 Å². The average molecular weight is 480 g/mol. The molecule has 13 heteroatoms. The summed E-state index contributed by atoms with van der Waals surface area (Å²) in [6.45, 7) is 0.0178. The van der Waals surface area contributed by atoms with Gasteiger partial charge in [-0.3, -0.25) is 4.72 Å². The third-order valence-corrected chi connectivity index (χ3v) is 5.84. The summed E-state index contributed by atoms with van der Waals surface area (Å²) in [7, 11) is -3.90. The molecular formula is C20H19F3N6O3S. The first kappa shape index (κ1) is 23.9. The van der Waals surface area contributed by atoms with Gasteiger partial charge in [0.15, 0.2) is 0 Å². The summed E-state index contributed by atoms with van der Waals surface area (Å²) >= 11 is 0. The zero-order valence-corrected chi connectivity index (χ0v) is 17.8. The van der Waals surface area contributed by atoms with Crippen molar-refractivity contribution in [2.24, 2.45) is 5.73 Å². The lowest BCUT2D eigenvalue weighted by atomic mass is 10.1. The quantitative estimate of drug-likeness (QED) is 0.314. The van der Waals surface area contributed by atoms with E-state index in [2.05, 4.69) is 19.7 Å².